The van der Waals surface area contributed by atoms with Crippen LogP contribution in [0.25, 0.3) is 11.1 Å². The summed E-state index contributed by atoms with van der Waals surface area (Å²) in [5.41, 5.74) is 12.2. The molecule has 238 valence electrons. The Labute approximate surface area is 270 Å². The molecule has 0 aromatic heterocycles. The van der Waals surface area contributed by atoms with Gasteiger partial charge in [-0.25, -0.2) is 4.79 Å². The van der Waals surface area contributed by atoms with E-state index >= 15 is 0 Å². The van der Waals surface area contributed by atoms with Gasteiger partial charge in [0.25, 0.3) is 0 Å². The quantitative estimate of drug-likeness (QED) is 0.209. The molecule has 0 spiro atoms. The van der Waals surface area contributed by atoms with Crippen molar-refractivity contribution in [2.75, 3.05) is 20.7 Å². The zero-order valence-corrected chi connectivity index (χ0v) is 26.8. The number of carbonyl (C=O) groups is 3. The van der Waals surface area contributed by atoms with Crippen molar-refractivity contribution in [3.63, 3.8) is 0 Å². The van der Waals surface area contributed by atoms with Crippen LogP contribution in [0.15, 0.2) is 103 Å². The highest BCUT2D eigenvalue weighted by molar-refractivity contribution is 5.91. The summed E-state index contributed by atoms with van der Waals surface area (Å²) in [6.07, 6.45) is -0.389. The van der Waals surface area contributed by atoms with Crippen LogP contribution in [0.2, 0.25) is 0 Å². The minimum atomic E-state index is -0.916. The number of amides is 3. The first-order valence-corrected chi connectivity index (χ1v) is 15.5. The van der Waals surface area contributed by atoms with Crippen LogP contribution in [0, 0.1) is 5.92 Å². The van der Waals surface area contributed by atoms with Gasteiger partial charge in [-0.05, 0) is 51.4 Å². The first kappa shape index (κ1) is 32.3. The fourth-order valence-corrected chi connectivity index (χ4v) is 6.18. The lowest BCUT2D eigenvalue weighted by atomic mass is 9.98. The first-order valence-electron chi connectivity index (χ1n) is 15.5. The van der Waals surface area contributed by atoms with Gasteiger partial charge in [-0.15, -0.1) is 0 Å². The van der Waals surface area contributed by atoms with E-state index in [-0.39, 0.29) is 24.9 Å². The molecule has 0 saturated carbocycles. The second-order valence-corrected chi connectivity index (χ2v) is 12.1. The fraction of sp³-hybridized carbons (Fsp3) is 0.289. The number of hydrogen-bond donors (Lipinski definition) is 1. The van der Waals surface area contributed by atoms with Crippen LogP contribution in [-0.4, -0.2) is 60.5 Å². The Morgan fingerprint density at radius 2 is 1.30 bits per heavy atom. The molecule has 3 amide bonds. The predicted molar refractivity (Wildman–Crippen MR) is 178 cm³/mol. The van der Waals surface area contributed by atoms with E-state index in [2.05, 4.69) is 24.3 Å². The molecule has 8 nitrogen and oxygen atoms in total. The number of rotatable bonds is 12. The molecule has 0 unspecified atom stereocenters. The molecule has 5 rings (SSSR count). The molecule has 0 aliphatic heterocycles. The molecule has 8 heteroatoms. The van der Waals surface area contributed by atoms with Crippen LogP contribution in [0.1, 0.15) is 42.0 Å². The van der Waals surface area contributed by atoms with Crippen LogP contribution in [-0.2, 0) is 27.4 Å². The molecule has 0 fully saturated rings. The van der Waals surface area contributed by atoms with E-state index in [9.17, 15) is 14.4 Å². The van der Waals surface area contributed by atoms with Crippen molar-refractivity contribution in [3.05, 3.63) is 125 Å². The van der Waals surface area contributed by atoms with Crippen molar-refractivity contribution in [2.24, 2.45) is 11.7 Å². The van der Waals surface area contributed by atoms with Gasteiger partial charge in [0, 0.05) is 26.4 Å². The first-order chi connectivity index (χ1) is 22.2. The Kier molecular flexibility index (Phi) is 10.1. The molecule has 4 aromatic carbocycles. The lowest BCUT2D eigenvalue weighted by Gasteiger charge is -2.35. The molecule has 0 bridgehead atoms. The summed E-state index contributed by atoms with van der Waals surface area (Å²) < 4.78 is 11.7. The Hall–Kier alpha value is -5.11. The molecular formula is C38H41N3O5. The Bertz CT molecular complexity index is 1630. The average Bonchev–Trinajstić information content (AvgIpc) is 3.39. The smallest absolute Gasteiger partial charge is 0.410 e. The lowest BCUT2D eigenvalue weighted by Crippen LogP contribution is -2.56. The average molecular weight is 620 g/mol. The third kappa shape index (κ3) is 7.07. The monoisotopic (exact) mass is 619 g/mol. The molecule has 0 saturated heterocycles. The molecule has 2 N–H and O–H groups in total. The highest BCUT2D eigenvalue weighted by Crippen LogP contribution is 2.44. The maximum absolute atomic E-state index is 13.9. The van der Waals surface area contributed by atoms with E-state index in [0.717, 1.165) is 33.4 Å². The fourth-order valence-electron chi connectivity index (χ4n) is 6.18. The standard InChI is InChI=1S/C38H41N3O5/c1-25(2)35(41(4)38(44)46-24-33-31-16-10-8-14-29(31)30-15-9-11-17-32(30)33)37(43)40(3)34(36(39)42)22-26-18-20-28(21-19-26)45-23-27-12-6-5-7-13-27/h5-21,25,33-35H,22-24H2,1-4H3,(H2,39,42)/t34-,35-/m0/s1. The van der Waals surface area contributed by atoms with Crippen molar-refractivity contribution < 1.29 is 23.9 Å². The van der Waals surface area contributed by atoms with Crippen molar-refractivity contribution in [3.8, 4) is 16.9 Å². The summed E-state index contributed by atoms with van der Waals surface area (Å²) in [6, 6.07) is 31.7. The maximum Gasteiger partial charge on any atom is 0.410 e. The van der Waals surface area contributed by atoms with Crippen LogP contribution < -0.4 is 10.5 Å². The lowest BCUT2D eigenvalue weighted by molar-refractivity contribution is -0.142. The number of nitrogens with two attached hydrogens (primary N) is 1. The zero-order chi connectivity index (χ0) is 32.8. The van der Waals surface area contributed by atoms with Gasteiger partial charge >= 0.3 is 6.09 Å². The number of likely N-dealkylation sites (N-methyl/N-ethyl adjacent to an activating group) is 2. The van der Waals surface area contributed by atoms with Crippen molar-refractivity contribution in [1.29, 1.82) is 0 Å². The van der Waals surface area contributed by atoms with Crippen LogP contribution in [0.4, 0.5) is 4.79 Å². The summed E-state index contributed by atoms with van der Waals surface area (Å²) in [6.45, 7) is 4.30. The van der Waals surface area contributed by atoms with E-state index in [4.69, 9.17) is 15.2 Å². The number of nitrogens with zero attached hydrogens (tertiary/aromatic N) is 2. The summed E-state index contributed by atoms with van der Waals surface area (Å²) in [7, 11) is 3.11. The van der Waals surface area contributed by atoms with E-state index < -0.39 is 30.0 Å². The van der Waals surface area contributed by atoms with Gasteiger partial charge in [0.15, 0.2) is 0 Å². The Morgan fingerprint density at radius 3 is 1.87 bits per heavy atom. The largest absolute Gasteiger partial charge is 0.489 e. The van der Waals surface area contributed by atoms with Crippen LogP contribution >= 0.6 is 0 Å². The molecule has 0 radical (unpaired) electrons. The SMILES string of the molecule is CC(C)[C@@H](C(=O)N(C)[C@@H](Cc1ccc(OCc2ccccc2)cc1)C(N)=O)N(C)C(=O)OCC1c2ccccc2-c2ccccc21. The second-order valence-electron chi connectivity index (χ2n) is 12.1. The molecule has 46 heavy (non-hydrogen) atoms. The van der Waals surface area contributed by atoms with Crippen molar-refractivity contribution in [1.82, 2.24) is 9.80 Å². The topological polar surface area (TPSA) is 102 Å². The van der Waals surface area contributed by atoms with Gasteiger partial charge in [0.05, 0.1) is 0 Å². The number of ether oxygens (including phenoxy) is 2. The number of hydrogen-bond acceptors (Lipinski definition) is 5. The summed E-state index contributed by atoms with van der Waals surface area (Å²) in [5.74, 6) is -0.688. The molecule has 2 atom stereocenters. The highest BCUT2D eigenvalue weighted by Gasteiger charge is 2.37. The van der Waals surface area contributed by atoms with Gasteiger partial charge in [-0.2, -0.15) is 0 Å². The van der Waals surface area contributed by atoms with Gasteiger partial charge < -0.3 is 20.1 Å². The molecule has 0 heterocycles. The third-order valence-corrected chi connectivity index (χ3v) is 8.67. The number of benzene rings is 4. The van der Waals surface area contributed by atoms with Crippen molar-refractivity contribution in [2.45, 2.75) is 44.9 Å². The number of fused-ring (bicyclic) bond motifs is 3. The molecule has 1 aliphatic rings. The Balaban J connectivity index is 1.23. The van der Waals surface area contributed by atoms with E-state index in [0.29, 0.717) is 12.4 Å². The van der Waals surface area contributed by atoms with E-state index in [1.807, 2.05) is 92.7 Å². The minimum absolute atomic E-state index is 0.102. The third-order valence-electron chi connectivity index (χ3n) is 8.67. The number of carbonyl (C=O) groups excluding carboxylic acids is 3. The highest BCUT2D eigenvalue weighted by atomic mass is 16.6. The van der Waals surface area contributed by atoms with Crippen LogP contribution in [0.5, 0.6) is 5.75 Å². The zero-order valence-electron chi connectivity index (χ0n) is 26.8. The second kappa shape index (κ2) is 14.3. The normalized spacial score (nSPS) is 13.3. The predicted octanol–water partition coefficient (Wildman–Crippen LogP) is 6.03. The molecule has 1 aliphatic carbocycles. The molecular weight excluding hydrogens is 578 g/mol. The Morgan fingerprint density at radius 1 is 0.739 bits per heavy atom. The summed E-state index contributed by atoms with van der Waals surface area (Å²) >= 11 is 0. The van der Waals surface area contributed by atoms with E-state index in [1.54, 1.807) is 14.1 Å². The van der Waals surface area contributed by atoms with E-state index in [1.165, 1.54) is 9.80 Å². The summed E-state index contributed by atoms with van der Waals surface area (Å²) in [5, 5.41) is 0. The minimum Gasteiger partial charge on any atom is -0.489 e. The van der Waals surface area contributed by atoms with Crippen LogP contribution in [0.3, 0.4) is 0 Å². The summed E-state index contributed by atoms with van der Waals surface area (Å²) in [4.78, 5) is 42.6. The van der Waals surface area contributed by atoms with Crippen molar-refractivity contribution >= 4 is 17.9 Å². The van der Waals surface area contributed by atoms with Gasteiger partial charge in [-0.3, -0.25) is 14.5 Å². The van der Waals surface area contributed by atoms with Gasteiger partial charge in [0.2, 0.25) is 11.8 Å². The number of primary amides is 1. The van der Waals surface area contributed by atoms with Gasteiger partial charge in [0.1, 0.15) is 31.0 Å². The van der Waals surface area contributed by atoms with Gasteiger partial charge in [-0.1, -0.05) is 105 Å². The molecule has 4 aromatic rings. The maximum atomic E-state index is 13.9.